The first-order valence-corrected chi connectivity index (χ1v) is 9.98. The molecule has 0 atom stereocenters. The monoisotopic (exact) mass is 405 g/mol. The van der Waals surface area contributed by atoms with Gasteiger partial charge in [0.1, 0.15) is 12.4 Å². The molecule has 0 fully saturated rings. The van der Waals surface area contributed by atoms with Crippen molar-refractivity contribution in [2.24, 2.45) is 0 Å². The number of carbonyl (C=O) groups is 1. The Hall–Kier alpha value is -3.34. The van der Waals surface area contributed by atoms with E-state index in [0.717, 1.165) is 28.1 Å². The molecule has 2 aromatic carbocycles. The lowest BCUT2D eigenvalue weighted by Crippen LogP contribution is -2.28. The maximum absolute atomic E-state index is 12.9. The molecule has 1 heterocycles. The van der Waals surface area contributed by atoms with Crippen LogP contribution in [0.15, 0.2) is 53.3 Å². The van der Waals surface area contributed by atoms with E-state index in [-0.39, 0.29) is 11.1 Å². The van der Waals surface area contributed by atoms with Crippen molar-refractivity contribution in [1.82, 2.24) is 4.57 Å². The predicted octanol–water partition coefficient (Wildman–Crippen LogP) is 4.60. The van der Waals surface area contributed by atoms with Gasteiger partial charge in [0.15, 0.2) is 0 Å². The number of carboxylic acid groups (broad SMARTS) is 1. The molecule has 0 aliphatic rings. The molecule has 1 N–H and O–H groups in total. The number of aryl methyl sites for hydroxylation is 5. The molecule has 30 heavy (non-hydrogen) atoms. The first-order valence-electron chi connectivity index (χ1n) is 9.98. The number of pyridine rings is 1. The van der Waals surface area contributed by atoms with E-state index in [1.165, 1.54) is 5.56 Å². The third-order valence-electron chi connectivity index (χ3n) is 5.32. The molecule has 0 saturated carbocycles. The summed E-state index contributed by atoms with van der Waals surface area (Å²) < 4.78 is 7.84. The fourth-order valence-corrected chi connectivity index (χ4v) is 3.61. The summed E-state index contributed by atoms with van der Waals surface area (Å²) in [5, 5.41) is 9.05. The van der Waals surface area contributed by atoms with Gasteiger partial charge in [-0.1, -0.05) is 29.8 Å². The summed E-state index contributed by atoms with van der Waals surface area (Å²) in [4.78, 5) is 23.9. The van der Waals surface area contributed by atoms with E-state index in [1.807, 2.05) is 45.9 Å². The Morgan fingerprint density at radius 2 is 1.63 bits per heavy atom. The number of aromatic carboxylic acids is 1. The molecule has 1 aromatic heterocycles. The van der Waals surface area contributed by atoms with Crippen LogP contribution in [-0.2, 0) is 19.6 Å². The van der Waals surface area contributed by atoms with Gasteiger partial charge in [0.2, 0.25) is 0 Å². The highest BCUT2D eigenvalue weighted by Crippen LogP contribution is 2.21. The first kappa shape index (κ1) is 21.4. The van der Waals surface area contributed by atoms with E-state index in [2.05, 4.69) is 6.07 Å². The number of aromatic nitrogens is 1. The average Bonchev–Trinajstić information content (AvgIpc) is 2.70. The largest absolute Gasteiger partial charge is 0.487 e. The van der Waals surface area contributed by atoms with Crippen LogP contribution in [0, 0.1) is 27.7 Å². The fraction of sp³-hybridized carbons (Fsp3) is 0.280. The minimum atomic E-state index is -0.946. The number of ether oxygens (including phenoxy) is 1. The van der Waals surface area contributed by atoms with Crippen LogP contribution in [0.5, 0.6) is 5.75 Å². The van der Waals surface area contributed by atoms with Crippen molar-refractivity contribution in [3.8, 4) is 5.75 Å². The zero-order valence-electron chi connectivity index (χ0n) is 17.9. The molecular formula is C25H27NO4. The van der Waals surface area contributed by atoms with Crippen molar-refractivity contribution in [3.63, 3.8) is 0 Å². The van der Waals surface area contributed by atoms with Crippen LogP contribution in [0.2, 0.25) is 0 Å². The number of hydrogen-bond donors (Lipinski definition) is 1. The predicted molar refractivity (Wildman–Crippen MR) is 118 cm³/mol. The highest BCUT2D eigenvalue weighted by atomic mass is 16.5. The van der Waals surface area contributed by atoms with Gasteiger partial charge in [0.25, 0.3) is 5.56 Å². The summed E-state index contributed by atoms with van der Waals surface area (Å²) >= 11 is 0. The fourth-order valence-electron chi connectivity index (χ4n) is 3.61. The second-order valence-electron chi connectivity index (χ2n) is 7.72. The van der Waals surface area contributed by atoms with Crippen LogP contribution in [0.3, 0.4) is 0 Å². The van der Waals surface area contributed by atoms with Crippen LogP contribution in [0.1, 0.15) is 43.9 Å². The second-order valence-corrected chi connectivity index (χ2v) is 7.72. The summed E-state index contributed by atoms with van der Waals surface area (Å²) in [6.45, 7) is 8.68. The standard InChI is InChI=1S/C25H27NO4/c1-16-5-10-23(18(3)13-16)30-15-22-17(2)14-19(4)24(27)26(22)12-11-20-6-8-21(9-7-20)25(28)29/h5-10,13-14H,11-12,15H2,1-4H3,(H,28,29). The summed E-state index contributed by atoms with van der Waals surface area (Å²) in [6, 6.07) is 14.7. The molecule has 0 spiro atoms. The van der Waals surface area contributed by atoms with E-state index in [1.54, 1.807) is 28.8 Å². The van der Waals surface area contributed by atoms with Gasteiger partial charge >= 0.3 is 5.97 Å². The first-order chi connectivity index (χ1) is 14.3. The number of carboxylic acids is 1. The lowest BCUT2D eigenvalue weighted by molar-refractivity contribution is 0.0697. The van der Waals surface area contributed by atoms with E-state index >= 15 is 0 Å². The molecule has 3 rings (SSSR count). The number of nitrogens with zero attached hydrogens (tertiary/aromatic N) is 1. The minimum absolute atomic E-state index is 0.0259. The Morgan fingerprint density at radius 3 is 2.27 bits per heavy atom. The maximum Gasteiger partial charge on any atom is 0.335 e. The normalized spacial score (nSPS) is 10.8. The Bertz CT molecular complexity index is 1130. The molecule has 0 radical (unpaired) electrons. The topological polar surface area (TPSA) is 68.5 Å². The van der Waals surface area contributed by atoms with Crippen LogP contribution >= 0.6 is 0 Å². The second kappa shape index (κ2) is 8.99. The molecule has 0 aliphatic carbocycles. The van der Waals surface area contributed by atoms with Crippen LogP contribution in [-0.4, -0.2) is 15.6 Å². The Morgan fingerprint density at radius 1 is 0.933 bits per heavy atom. The van der Waals surface area contributed by atoms with Crippen LogP contribution in [0.25, 0.3) is 0 Å². The van der Waals surface area contributed by atoms with Gasteiger partial charge < -0.3 is 14.4 Å². The van der Waals surface area contributed by atoms with Gasteiger partial charge in [-0.3, -0.25) is 4.79 Å². The highest BCUT2D eigenvalue weighted by Gasteiger charge is 2.12. The van der Waals surface area contributed by atoms with Crippen molar-refractivity contribution in [1.29, 1.82) is 0 Å². The van der Waals surface area contributed by atoms with Crippen LogP contribution in [0.4, 0.5) is 0 Å². The zero-order chi connectivity index (χ0) is 21.8. The van der Waals surface area contributed by atoms with E-state index in [0.29, 0.717) is 25.1 Å². The van der Waals surface area contributed by atoms with Gasteiger partial charge in [-0.05, 0) is 75.1 Å². The van der Waals surface area contributed by atoms with Crippen molar-refractivity contribution < 1.29 is 14.6 Å². The Labute approximate surface area is 176 Å². The van der Waals surface area contributed by atoms with Gasteiger partial charge in [-0.25, -0.2) is 4.79 Å². The van der Waals surface area contributed by atoms with E-state index < -0.39 is 5.97 Å². The molecule has 0 saturated heterocycles. The smallest absolute Gasteiger partial charge is 0.335 e. The molecule has 156 valence electrons. The third-order valence-corrected chi connectivity index (χ3v) is 5.32. The molecule has 0 aliphatic heterocycles. The molecule has 3 aromatic rings. The van der Waals surface area contributed by atoms with Crippen molar-refractivity contribution >= 4 is 5.97 Å². The van der Waals surface area contributed by atoms with E-state index in [4.69, 9.17) is 9.84 Å². The maximum atomic E-state index is 12.9. The molecule has 0 bridgehead atoms. The van der Waals surface area contributed by atoms with Crippen molar-refractivity contribution in [2.75, 3.05) is 0 Å². The zero-order valence-corrected chi connectivity index (χ0v) is 17.9. The average molecular weight is 405 g/mol. The number of benzene rings is 2. The highest BCUT2D eigenvalue weighted by molar-refractivity contribution is 5.87. The SMILES string of the molecule is Cc1ccc(OCc2c(C)cc(C)c(=O)n2CCc2ccc(C(=O)O)cc2)c(C)c1. The van der Waals surface area contributed by atoms with Gasteiger partial charge in [0, 0.05) is 12.1 Å². The van der Waals surface area contributed by atoms with Crippen molar-refractivity contribution in [3.05, 3.63) is 98.0 Å². The minimum Gasteiger partial charge on any atom is -0.487 e. The van der Waals surface area contributed by atoms with E-state index in [9.17, 15) is 9.59 Å². The van der Waals surface area contributed by atoms with Crippen molar-refractivity contribution in [2.45, 2.75) is 47.3 Å². The number of hydrogen-bond acceptors (Lipinski definition) is 3. The third kappa shape index (κ3) is 4.79. The molecule has 5 nitrogen and oxygen atoms in total. The van der Waals surface area contributed by atoms with Gasteiger partial charge in [-0.15, -0.1) is 0 Å². The lowest BCUT2D eigenvalue weighted by atomic mass is 10.1. The molecular weight excluding hydrogens is 378 g/mol. The molecule has 0 unspecified atom stereocenters. The molecule has 5 heteroatoms. The van der Waals surface area contributed by atoms with Gasteiger partial charge in [-0.2, -0.15) is 0 Å². The molecule has 0 amide bonds. The van der Waals surface area contributed by atoms with Gasteiger partial charge in [0.05, 0.1) is 11.3 Å². The number of rotatable bonds is 7. The summed E-state index contributed by atoms with van der Waals surface area (Å²) in [7, 11) is 0. The summed E-state index contributed by atoms with van der Waals surface area (Å²) in [6.07, 6.45) is 0.624. The summed E-state index contributed by atoms with van der Waals surface area (Å²) in [5.41, 5.74) is 6.01. The quantitative estimate of drug-likeness (QED) is 0.624. The lowest BCUT2D eigenvalue weighted by Gasteiger charge is -2.18. The Balaban J connectivity index is 1.84. The van der Waals surface area contributed by atoms with Crippen LogP contribution < -0.4 is 10.3 Å². The Kier molecular flexibility index (Phi) is 6.40. The summed E-state index contributed by atoms with van der Waals surface area (Å²) in [5.74, 6) is -0.137.